The maximum absolute atomic E-state index is 12.1. The number of rotatable bonds is 10. The van der Waals surface area contributed by atoms with Crippen molar-refractivity contribution in [1.82, 2.24) is 19.5 Å². The van der Waals surface area contributed by atoms with Crippen LogP contribution < -0.4 is 10.1 Å². The molecule has 1 aliphatic heterocycles. The summed E-state index contributed by atoms with van der Waals surface area (Å²) in [6.07, 6.45) is 6.27. The minimum Gasteiger partial charge on any atom is -0.492 e. The average molecular weight is 506 g/mol. The van der Waals surface area contributed by atoms with Crippen LogP contribution in [0.3, 0.4) is 0 Å². The molecule has 9 heteroatoms. The van der Waals surface area contributed by atoms with E-state index in [0.717, 1.165) is 23.5 Å². The maximum Gasteiger partial charge on any atom is 0.178 e. The zero-order valence-corrected chi connectivity index (χ0v) is 21.2. The minimum absolute atomic E-state index is 0.329. The molecule has 0 atom stereocenters. The fraction of sp³-hybridized carbons (Fsp3) is 0.333. The smallest absolute Gasteiger partial charge is 0.178 e. The molecule has 0 aliphatic carbocycles. The summed E-state index contributed by atoms with van der Waals surface area (Å²) < 4.78 is 31.9. The second-order valence-corrected chi connectivity index (χ2v) is 11.2. The molecule has 0 unspecified atom stereocenters. The molecule has 0 saturated carbocycles. The average Bonchev–Trinajstić information content (AvgIpc) is 3.53. The number of ether oxygens (including phenoxy) is 1. The normalized spacial score (nSPS) is 14.4. The van der Waals surface area contributed by atoms with E-state index in [2.05, 4.69) is 27.4 Å². The Morgan fingerprint density at radius 3 is 2.56 bits per heavy atom. The molecule has 4 aromatic rings. The molecule has 1 saturated heterocycles. The van der Waals surface area contributed by atoms with Gasteiger partial charge in [0.2, 0.25) is 0 Å². The lowest BCUT2D eigenvalue weighted by atomic mass is 10.1. The molecule has 36 heavy (non-hydrogen) atoms. The molecule has 3 heterocycles. The summed E-state index contributed by atoms with van der Waals surface area (Å²) in [5.74, 6) is 1.59. The van der Waals surface area contributed by atoms with Crippen molar-refractivity contribution in [3.63, 3.8) is 0 Å². The third kappa shape index (κ3) is 5.85. The number of pyridine rings is 1. The number of sulfone groups is 1. The number of likely N-dealkylation sites (tertiary alicyclic amines) is 1. The third-order valence-corrected chi connectivity index (χ3v) is 7.61. The van der Waals surface area contributed by atoms with Crippen LogP contribution in [-0.2, 0) is 22.8 Å². The lowest BCUT2D eigenvalue weighted by Crippen LogP contribution is -2.25. The highest BCUT2D eigenvalue weighted by molar-refractivity contribution is 7.90. The van der Waals surface area contributed by atoms with E-state index in [-0.39, 0.29) is 0 Å². The van der Waals surface area contributed by atoms with E-state index in [1.165, 1.54) is 32.2 Å². The van der Waals surface area contributed by atoms with Crippen molar-refractivity contribution in [3.8, 4) is 5.75 Å². The Morgan fingerprint density at radius 2 is 1.78 bits per heavy atom. The van der Waals surface area contributed by atoms with E-state index < -0.39 is 9.84 Å². The number of hydrogen-bond donors (Lipinski definition) is 1. The zero-order valence-electron chi connectivity index (χ0n) is 20.4. The van der Waals surface area contributed by atoms with Crippen LogP contribution in [0, 0.1) is 0 Å². The molecule has 0 amide bonds. The number of fused-ring (bicyclic) bond motifs is 1. The highest BCUT2D eigenvalue weighted by atomic mass is 32.2. The maximum atomic E-state index is 12.1. The van der Waals surface area contributed by atoms with E-state index >= 15 is 0 Å². The van der Waals surface area contributed by atoms with E-state index in [1.54, 1.807) is 16.6 Å². The van der Waals surface area contributed by atoms with Gasteiger partial charge in [-0.2, -0.15) is 5.10 Å². The zero-order chi connectivity index (χ0) is 25.0. The Labute approximate surface area is 211 Å². The Kier molecular flexibility index (Phi) is 7.20. The minimum atomic E-state index is -3.31. The van der Waals surface area contributed by atoms with Gasteiger partial charge in [-0.3, -0.25) is 4.90 Å². The second kappa shape index (κ2) is 10.7. The summed E-state index contributed by atoms with van der Waals surface area (Å²) in [6.45, 7) is 4.41. The van der Waals surface area contributed by atoms with Crippen LogP contribution in [0.5, 0.6) is 5.75 Å². The monoisotopic (exact) mass is 505 g/mol. The summed E-state index contributed by atoms with van der Waals surface area (Å²) in [5, 5.41) is 7.96. The lowest BCUT2D eigenvalue weighted by molar-refractivity contribution is 0.238. The number of aromatic nitrogens is 3. The van der Waals surface area contributed by atoms with Crippen LogP contribution in [-0.4, -0.2) is 60.4 Å². The van der Waals surface area contributed by atoms with Gasteiger partial charge in [0.1, 0.15) is 12.4 Å². The Bertz CT molecular complexity index is 1430. The first-order valence-electron chi connectivity index (χ1n) is 12.3. The molecule has 2 aromatic heterocycles. The number of nitrogens with one attached hydrogen (secondary N) is 1. The summed E-state index contributed by atoms with van der Waals surface area (Å²) in [4.78, 5) is 7.51. The van der Waals surface area contributed by atoms with Crippen molar-refractivity contribution in [1.29, 1.82) is 0 Å². The van der Waals surface area contributed by atoms with E-state index in [0.29, 0.717) is 41.5 Å². The summed E-state index contributed by atoms with van der Waals surface area (Å²) in [7, 11) is -3.31. The van der Waals surface area contributed by atoms with Gasteiger partial charge in [-0.1, -0.05) is 30.3 Å². The summed E-state index contributed by atoms with van der Waals surface area (Å²) in [5.41, 5.74) is 3.31. The van der Waals surface area contributed by atoms with Crippen molar-refractivity contribution in [2.45, 2.75) is 30.7 Å². The fourth-order valence-electron chi connectivity index (χ4n) is 4.55. The molecule has 1 aliphatic rings. The van der Waals surface area contributed by atoms with Gasteiger partial charge in [0.05, 0.1) is 10.6 Å². The van der Waals surface area contributed by atoms with Crippen LogP contribution in [0.1, 0.15) is 29.8 Å². The standard InChI is InChI=1S/C27H31N5O3S/c1-36(33,34)25-9-3-2-7-22(25)20-28-24-8-6-16-32-27(24)29-26(30-32)19-21-10-12-23(13-11-21)35-18-17-31-14-4-5-15-31/h2-3,6-13,16,28H,4-5,14-15,17-20H2,1H3. The highest BCUT2D eigenvalue weighted by Gasteiger charge is 2.14. The predicted octanol–water partition coefficient (Wildman–Crippen LogP) is 3.81. The molecule has 1 N–H and O–H groups in total. The molecule has 0 spiro atoms. The van der Waals surface area contributed by atoms with Crippen molar-refractivity contribution in [3.05, 3.63) is 83.8 Å². The second-order valence-electron chi connectivity index (χ2n) is 9.17. The van der Waals surface area contributed by atoms with Crippen LogP contribution in [0.25, 0.3) is 5.65 Å². The first kappa shape index (κ1) is 24.3. The van der Waals surface area contributed by atoms with Gasteiger partial charge in [-0.25, -0.2) is 17.9 Å². The number of hydrogen-bond acceptors (Lipinski definition) is 7. The SMILES string of the molecule is CS(=O)(=O)c1ccccc1CNc1cccn2nc(Cc3ccc(OCCN4CCCC4)cc3)nc12. The molecule has 5 rings (SSSR count). The topological polar surface area (TPSA) is 88.8 Å². The molecule has 0 bridgehead atoms. The van der Waals surface area contributed by atoms with Gasteiger partial charge in [-0.05, 0) is 67.4 Å². The lowest BCUT2D eigenvalue weighted by Gasteiger charge is -2.14. The molecular weight excluding hydrogens is 474 g/mol. The quantitative estimate of drug-likeness (QED) is 0.351. The van der Waals surface area contributed by atoms with Crippen LogP contribution in [0.4, 0.5) is 5.69 Å². The Hall–Kier alpha value is -3.43. The van der Waals surface area contributed by atoms with Gasteiger partial charge in [0.15, 0.2) is 21.3 Å². The van der Waals surface area contributed by atoms with Crippen molar-refractivity contribution in [2.24, 2.45) is 0 Å². The molecule has 188 valence electrons. The van der Waals surface area contributed by atoms with E-state index in [4.69, 9.17) is 9.72 Å². The van der Waals surface area contributed by atoms with Gasteiger partial charge >= 0.3 is 0 Å². The van der Waals surface area contributed by atoms with Gasteiger partial charge in [0, 0.05) is 32.0 Å². The van der Waals surface area contributed by atoms with Crippen molar-refractivity contribution >= 4 is 21.2 Å². The number of nitrogens with zero attached hydrogens (tertiary/aromatic N) is 4. The largest absolute Gasteiger partial charge is 0.492 e. The predicted molar refractivity (Wildman–Crippen MR) is 140 cm³/mol. The first-order valence-corrected chi connectivity index (χ1v) is 14.1. The third-order valence-electron chi connectivity index (χ3n) is 6.41. The number of anilines is 1. The van der Waals surface area contributed by atoms with Crippen LogP contribution in [0.15, 0.2) is 71.8 Å². The van der Waals surface area contributed by atoms with Gasteiger partial charge in [-0.15, -0.1) is 0 Å². The van der Waals surface area contributed by atoms with Crippen LogP contribution >= 0.6 is 0 Å². The summed E-state index contributed by atoms with van der Waals surface area (Å²) in [6, 6.07) is 18.9. The van der Waals surface area contributed by atoms with Crippen LogP contribution in [0.2, 0.25) is 0 Å². The molecule has 2 aromatic carbocycles. The first-order chi connectivity index (χ1) is 17.5. The molecule has 0 radical (unpaired) electrons. The fourth-order valence-corrected chi connectivity index (χ4v) is 5.49. The Balaban J connectivity index is 1.23. The number of benzene rings is 2. The van der Waals surface area contributed by atoms with Gasteiger partial charge < -0.3 is 10.1 Å². The Morgan fingerprint density at radius 1 is 1.00 bits per heavy atom. The van der Waals surface area contributed by atoms with Crippen molar-refractivity contribution in [2.75, 3.05) is 37.8 Å². The van der Waals surface area contributed by atoms with Crippen molar-refractivity contribution < 1.29 is 13.2 Å². The summed E-state index contributed by atoms with van der Waals surface area (Å²) >= 11 is 0. The van der Waals surface area contributed by atoms with Gasteiger partial charge in [0.25, 0.3) is 0 Å². The molecular formula is C27H31N5O3S. The van der Waals surface area contributed by atoms with E-state index in [1.807, 2.05) is 42.6 Å². The molecule has 8 nitrogen and oxygen atoms in total. The van der Waals surface area contributed by atoms with E-state index in [9.17, 15) is 8.42 Å². The highest BCUT2D eigenvalue weighted by Crippen LogP contribution is 2.21. The molecule has 1 fully saturated rings.